The lowest BCUT2D eigenvalue weighted by atomic mass is 10.1. The first-order valence-corrected chi connectivity index (χ1v) is 10.1. The molecular weight excluding hydrogens is 282 g/mol. The molecule has 0 bridgehead atoms. The highest BCUT2D eigenvalue weighted by Crippen LogP contribution is 2.15. The van der Waals surface area contributed by atoms with Gasteiger partial charge in [0.25, 0.3) is 0 Å². The van der Waals surface area contributed by atoms with Gasteiger partial charge in [0.05, 0.1) is 12.6 Å². The average Bonchev–Trinajstić information content (AvgIpc) is 2.63. The van der Waals surface area contributed by atoms with E-state index in [2.05, 4.69) is 26.5 Å². The minimum Gasteiger partial charge on any atom is -0.301 e. The third-order valence-electron chi connectivity index (χ3n) is 5.73. The van der Waals surface area contributed by atoms with Gasteiger partial charge in [0.2, 0.25) is 0 Å². The summed E-state index contributed by atoms with van der Waals surface area (Å²) >= 11 is 0. The van der Waals surface area contributed by atoms with E-state index in [1.54, 1.807) is 0 Å². The standard InChI is InChI=1S/C20H35N3/c1-4-12-21(13-5-1)16-10-11-20(23-17-8-3-9-18-23)19-22-14-6-2-7-15-22/h20H,1-9,12-19H2. The van der Waals surface area contributed by atoms with E-state index in [-0.39, 0.29) is 0 Å². The molecular formula is C20H35N3. The third kappa shape index (κ3) is 5.78. The molecule has 0 radical (unpaired) electrons. The van der Waals surface area contributed by atoms with Crippen LogP contribution >= 0.6 is 0 Å². The zero-order valence-corrected chi connectivity index (χ0v) is 14.9. The number of likely N-dealkylation sites (tertiary alicyclic amines) is 3. The maximum Gasteiger partial charge on any atom is 0.0843 e. The van der Waals surface area contributed by atoms with Gasteiger partial charge in [0, 0.05) is 6.54 Å². The molecule has 3 heterocycles. The van der Waals surface area contributed by atoms with Crippen molar-refractivity contribution in [2.45, 2.75) is 63.8 Å². The molecule has 0 spiro atoms. The highest BCUT2D eigenvalue weighted by molar-refractivity contribution is 5.11. The first kappa shape index (κ1) is 17.3. The summed E-state index contributed by atoms with van der Waals surface area (Å²) in [6, 6.07) is 0.471. The van der Waals surface area contributed by atoms with Gasteiger partial charge in [-0.1, -0.05) is 31.1 Å². The SMILES string of the molecule is C(#CC(CN1CCCCC1)N1CCCCC1)CN1CCCCC1. The molecule has 0 aromatic rings. The van der Waals surface area contributed by atoms with Gasteiger partial charge in [-0.3, -0.25) is 9.80 Å². The van der Waals surface area contributed by atoms with Crippen molar-refractivity contribution in [3.63, 3.8) is 0 Å². The van der Waals surface area contributed by atoms with Crippen LogP contribution in [0.25, 0.3) is 0 Å². The monoisotopic (exact) mass is 317 g/mol. The lowest BCUT2D eigenvalue weighted by Crippen LogP contribution is -2.46. The van der Waals surface area contributed by atoms with Crippen LogP contribution in [0.3, 0.4) is 0 Å². The maximum atomic E-state index is 3.68. The molecule has 3 nitrogen and oxygen atoms in total. The second-order valence-corrected chi connectivity index (χ2v) is 7.63. The van der Waals surface area contributed by atoms with Crippen molar-refractivity contribution in [1.82, 2.24) is 14.7 Å². The summed E-state index contributed by atoms with van der Waals surface area (Å²) in [6.45, 7) is 9.78. The summed E-state index contributed by atoms with van der Waals surface area (Å²) < 4.78 is 0. The van der Waals surface area contributed by atoms with E-state index in [0.29, 0.717) is 6.04 Å². The summed E-state index contributed by atoms with van der Waals surface area (Å²) in [5.74, 6) is 7.23. The van der Waals surface area contributed by atoms with E-state index >= 15 is 0 Å². The summed E-state index contributed by atoms with van der Waals surface area (Å²) in [6.07, 6.45) is 12.5. The largest absolute Gasteiger partial charge is 0.301 e. The average molecular weight is 318 g/mol. The Morgan fingerprint density at radius 2 is 1.13 bits per heavy atom. The second kappa shape index (κ2) is 9.67. The van der Waals surface area contributed by atoms with Crippen LogP contribution in [-0.2, 0) is 0 Å². The van der Waals surface area contributed by atoms with Gasteiger partial charge >= 0.3 is 0 Å². The van der Waals surface area contributed by atoms with E-state index in [9.17, 15) is 0 Å². The third-order valence-corrected chi connectivity index (χ3v) is 5.73. The lowest BCUT2D eigenvalue weighted by molar-refractivity contribution is 0.136. The first-order valence-electron chi connectivity index (χ1n) is 10.1. The van der Waals surface area contributed by atoms with E-state index in [0.717, 1.165) is 6.54 Å². The van der Waals surface area contributed by atoms with Crippen molar-refractivity contribution in [2.75, 3.05) is 52.4 Å². The molecule has 130 valence electrons. The molecule has 3 saturated heterocycles. The van der Waals surface area contributed by atoms with Gasteiger partial charge in [0.15, 0.2) is 0 Å². The van der Waals surface area contributed by atoms with Gasteiger partial charge in [-0.25, -0.2) is 0 Å². The van der Waals surface area contributed by atoms with Crippen LogP contribution in [0.5, 0.6) is 0 Å². The minimum atomic E-state index is 0.471. The Hall–Kier alpha value is -0.560. The summed E-state index contributed by atoms with van der Waals surface area (Å²) in [5.41, 5.74) is 0. The van der Waals surface area contributed by atoms with Crippen LogP contribution in [0.15, 0.2) is 0 Å². The Bertz CT molecular complexity index is 379. The molecule has 0 aromatic heterocycles. The Labute approximate surface area is 143 Å². The fraction of sp³-hybridized carbons (Fsp3) is 0.900. The van der Waals surface area contributed by atoms with Crippen LogP contribution in [0.2, 0.25) is 0 Å². The number of rotatable bonds is 4. The van der Waals surface area contributed by atoms with Gasteiger partial charge in [-0.05, 0) is 77.8 Å². The van der Waals surface area contributed by atoms with Gasteiger partial charge in [0.1, 0.15) is 0 Å². The topological polar surface area (TPSA) is 9.72 Å². The zero-order chi connectivity index (χ0) is 15.7. The predicted molar refractivity (Wildman–Crippen MR) is 97.6 cm³/mol. The van der Waals surface area contributed by atoms with E-state index < -0.39 is 0 Å². The molecule has 3 aliphatic rings. The van der Waals surface area contributed by atoms with Crippen LogP contribution < -0.4 is 0 Å². The molecule has 23 heavy (non-hydrogen) atoms. The van der Waals surface area contributed by atoms with Gasteiger partial charge in [-0.2, -0.15) is 0 Å². The predicted octanol–water partition coefficient (Wildman–Crippen LogP) is 2.82. The number of hydrogen-bond acceptors (Lipinski definition) is 3. The maximum absolute atomic E-state index is 3.68. The fourth-order valence-corrected chi connectivity index (χ4v) is 4.26. The molecule has 0 aliphatic carbocycles. The number of piperidine rings is 3. The van der Waals surface area contributed by atoms with Crippen LogP contribution in [-0.4, -0.2) is 73.1 Å². The molecule has 0 amide bonds. The molecule has 1 unspecified atom stereocenters. The smallest absolute Gasteiger partial charge is 0.0843 e. The van der Waals surface area contributed by atoms with Gasteiger partial charge < -0.3 is 4.90 Å². The van der Waals surface area contributed by atoms with E-state index in [4.69, 9.17) is 0 Å². The number of hydrogen-bond donors (Lipinski definition) is 0. The highest BCUT2D eigenvalue weighted by Gasteiger charge is 2.22. The van der Waals surface area contributed by atoms with Gasteiger partial charge in [-0.15, -0.1) is 0 Å². The van der Waals surface area contributed by atoms with Crippen molar-refractivity contribution in [3.8, 4) is 11.8 Å². The van der Waals surface area contributed by atoms with Crippen molar-refractivity contribution in [3.05, 3.63) is 0 Å². The second-order valence-electron chi connectivity index (χ2n) is 7.63. The molecule has 3 fully saturated rings. The fourth-order valence-electron chi connectivity index (χ4n) is 4.26. The molecule has 0 aromatic carbocycles. The first-order chi connectivity index (χ1) is 11.4. The quantitative estimate of drug-likeness (QED) is 0.738. The molecule has 3 heteroatoms. The van der Waals surface area contributed by atoms with E-state index in [1.165, 1.54) is 104 Å². The van der Waals surface area contributed by atoms with Crippen molar-refractivity contribution in [2.24, 2.45) is 0 Å². The Balaban J connectivity index is 1.54. The van der Waals surface area contributed by atoms with Crippen LogP contribution in [0.4, 0.5) is 0 Å². The molecule has 0 saturated carbocycles. The van der Waals surface area contributed by atoms with Crippen molar-refractivity contribution >= 4 is 0 Å². The van der Waals surface area contributed by atoms with E-state index in [1.807, 2.05) is 0 Å². The molecule has 0 N–H and O–H groups in total. The summed E-state index contributed by atoms with van der Waals surface area (Å²) in [7, 11) is 0. The summed E-state index contributed by atoms with van der Waals surface area (Å²) in [4.78, 5) is 7.88. The lowest BCUT2D eigenvalue weighted by Gasteiger charge is -2.36. The highest BCUT2D eigenvalue weighted by atomic mass is 15.2. The molecule has 3 aliphatic heterocycles. The summed E-state index contributed by atoms with van der Waals surface area (Å²) in [5, 5.41) is 0. The van der Waals surface area contributed by atoms with Crippen LogP contribution in [0, 0.1) is 11.8 Å². The minimum absolute atomic E-state index is 0.471. The zero-order valence-electron chi connectivity index (χ0n) is 14.9. The Morgan fingerprint density at radius 3 is 1.74 bits per heavy atom. The number of nitrogens with zero attached hydrogens (tertiary/aromatic N) is 3. The Kier molecular flexibility index (Phi) is 7.26. The van der Waals surface area contributed by atoms with Crippen LogP contribution in [0.1, 0.15) is 57.8 Å². The Morgan fingerprint density at radius 1 is 0.609 bits per heavy atom. The van der Waals surface area contributed by atoms with Crippen molar-refractivity contribution < 1.29 is 0 Å². The molecule has 1 atom stereocenters. The normalized spacial score (nSPS) is 26.4. The van der Waals surface area contributed by atoms with Crippen molar-refractivity contribution in [1.29, 1.82) is 0 Å². The molecule has 3 rings (SSSR count).